The third-order valence-corrected chi connectivity index (χ3v) is 1.87. The van der Waals surface area contributed by atoms with Crippen molar-refractivity contribution in [2.75, 3.05) is 6.54 Å². The number of aromatic amines is 1. The molecule has 7 heteroatoms. The number of H-pyrrole nitrogens is 1. The molecule has 7 nitrogen and oxygen atoms in total. The van der Waals surface area contributed by atoms with Crippen molar-refractivity contribution in [1.29, 1.82) is 0 Å². The number of hydrogen-bond acceptors (Lipinski definition) is 4. The van der Waals surface area contributed by atoms with Gasteiger partial charge in [-0.2, -0.15) is 0 Å². The van der Waals surface area contributed by atoms with E-state index in [2.05, 4.69) is 4.98 Å². The molecular weight excluding hydrogens is 214 g/mol. The number of primary amides is 1. The van der Waals surface area contributed by atoms with Gasteiger partial charge in [0.25, 0.3) is 0 Å². The molecule has 1 aromatic rings. The second kappa shape index (κ2) is 5.17. The number of hydroxylamine groups is 2. The Bertz CT molecular complexity index is 363. The van der Waals surface area contributed by atoms with Crippen molar-refractivity contribution >= 4 is 12.0 Å². The van der Waals surface area contributed by atoms with Crippen LogP contribution in [0.2, 0.25) is 0 Å². The van der Waals surface area contributed by atoms with E-state index in [0.29, 0.717) is 5.69 Å². The summed E-state index contributed by atoms with van der Waals surface area (Å²) in [6.07, 6.45) is 0.864. The second-order valence-electron chi connectivity index (χ2n) is 3.14. The number of ether oxygens (including phenoxy) is 1. The molecule has 0 bridgehead atoms. The van der Waals surface area contributed by atoms with Crippen molar-refractivity contribution in [2.45, 2.75) is 13.0 Å². The lowest BCUT2D eigenvalue weighted by atomic mass is 10.2. The number of carbonyl (C=O) groups excluding carboxylic acids is 2. The predicted molar refractivity (Wildman–Crippen MR) is 53.4 cm³/mol. The van der Waals surface area contributed by atoms with Crippen molar-refractivity contribution in [3.8, 4) is 0 Å². The Morgan fingerprint density at radius 2 is 2.38 bits per heavy atom. The first-order valence-corrected chi connectivity index (χ1v) is 4.57. The van der Waals surface area contributed by atoms with Gasteiger partial charge in [0.1, 0.15) is 0 Å². The fraction of sp³-hybridized carbons (Fsp3) is 0.333. The normalized spacial score (nSPS) is 11.9. The van der Waals surface area contributed by atoms with Crippen LogP contribution in [0.15, 0.2) is 18.3 Å². The van der Waals surface area contributed by atoms with Gasteiger partial charge in [0.05, 0.1) is 12.2 Å². The van der Waals surface area contributed by atoms with Crippen molar-refractivity contribution in [2.24, 2.45) is 5.73 Å². The van der Waals surface area contributed by atoms with Gasteiger partial charge in [0, 0.05) is 13.1 Å². The first kappa shape index (κ1) is 12.1. The van der Waals surface area contributed by atoms with E-state index in [-0.39, 0.29) is 11.6 Å². The molecule has 1 atom stereocenters. The SMILES string of the molecule is CC(=O)OC(CN(O)C(N)=O)c1ccc[nH]1. The Morgan fingerprint density at radius 3 is 2.81 bits per heavy atom. The molecule has 2 amide bonds. The second-order valence-corrected chi connectivity index (χ2v) is 3.14. The molecule has 1 rings (SSSR count). The van der Waals surface area contributed by atoms with E-state index >= 15 is 0 Å². The summed E-state index contributed by atoms with van der Waals surface area (Å²) in [6.45, 7) is 1.01. The average Bonchev–Trinajstić information content (AvgIpc) is 2.68. The highest BCUT2D eigenvalue weighted by molar-refractivity contribution is 5.70. The quantitative estimate of drug-likeness (QED) is 0.392. The monoisotopic (exact) mass is 227 g/mol. The number of nitrogens with two attached hydrogens (primary N) is 1. The highest BCUT2D eigenvalue weighted by Crippen LogP contribution is 2.16. The first-order chi connectivity index (χ1) is 7.50. The number of esters is 1. The molecule has 4 N–H and O–H groups in total. The average molecular weight is 227 g/mol. The van der Waals surface area contributed by atoms with Gasteiger partial charge in [-0.05, 0) is 12.1 Å². The van der Waals surface area contributed by atoms with Crippen molar-refractivity contribution in [3.05, 3.63) is 24.0 Å². The lowest BCUT2D eigenvalue weighted by Crippen LogP contribution is -2.36. The van der Waals surface area contributed by atoms with Gasteiger partial charge >= 0.3 is 12.0 Å². The Balaban J connectivity index is 2.72. The van der Waals surface area contributed by atoms with E-state index in [1.807, 2.05) is 0 Å². The number of hydrogen-bond donors (Lipinski definition) is 3. The molecule has 1 heterocycles. The maximum atomic E-state index is 10.8. The minimum atomic E-state index is -1.01. The van der Waals surface area contributed by atoms with Gasteiger partial charge in [-0.25, -0.2) is 9.86 Å². The molecule has 16 heavy (non-hydrogen) atoms. The number of carbonyl (C=O) groups is 2. The van der Waals surface area contributed by atoms with Crippen LogP contribution in [0, 0.1) is 0 Å². The molecule has 1 aromatic heterocycles. The molecule has 0 aliphatic rings. The summed E-state index contributed by atoms with van der Waals surface area (Å²) in [4.78, 5) is 24.3. The van der Waals surface area contributed by atoms with Crippen LogP contribution in [0.3, 0.4) is 0 Å². The maximum absolute atomic E-state index is 10.8. The number of rotatable bonds is 4. The van der Waals surface area contributed by atoms with Gasteiger partial charge in [-0.15, -0.1) is 0 Å². The predicted octanol–water partition coefficient (Wildman–Crippen LogP) is 0.389. The van der Waals surface area contributed by atoms with Gasteiger partial charge < -0.3 is 15.5 Å². The molecule has 0 saturated carbocycles. The summed E-state index contributed by atoms with van der Waals surface area (Å²) in [5.74, 6) is -0.516. The lowest BCUT2D eigenvalue weighted by Gasteiger charge is -2.20. The summed E-state index contributed by atoms with van der Waals surface area (Å²) in [5, 5.41) is 9.45. The summed E-state index contributed by atoms with van der Waals surface area (Å²) in [6, 6.07) is 2.36. The summed E-state index contributed by atoms with van der Waals surface area (Å²) < 4.78 is 4.94. The lowest BCUT2D eigenvalue weighted by molar-refractivity contribution is -0.152. The van der Waals surface area contributed by atoms with Crippen LogP contribution in [-0.2, 0) is 9.53 Å². The molecule has 0 fully saturated rings. The molecule has 0 aromatic carbocycles. The fourth-order valence-corrected chi connectivity index (χ4v) is 1.19. The van der Waals surface area contributed by atoms with Crippen LogP contribution < -0.4 is 5.73 Å². The fourth-order valence-electron chi connectivity index (χ4n) is 1.19. The third-order valence-electron chi connectivity index (χ3n) is 1.87. The minimum absolute atomic E-state index is 0.227. The van der Waals surface area contributed by atoms with Gasteiger partial charge in [-0.3, -0.25) is 10.0 Å². The number of urea groups is 1. The zero-order valence-corrected chi connectivity index (χ0v) is 8.71. The highest BCUT2D eigenvalue weighted by atomic mass is 16.6. The molecule has 88 valence electrons. The molecular formula is C9H13N3O4. The van der Waals surface area contributed by atoms with Crippen LogP contribution in [0.25, 0.3) is 0 Å². The molecule has 0 aliphatic carbocycles. The number of nitrogens with one attached hydrogen (secondary N) is 1. The highest BCUT2D eigenvalue weighted by Gasteiger charge is 2.20. The van der Waals surface area contributed by atoms with Crippen LogP contribution in [-0.4, -0.2) is 33.8 Å². The number of aromatic nitrogens is 1. The smallest absolute Gasteiger partial charge is 0.338 e. The summed E-state index contributed by atoms with van der Waals surface area (Å²) >= 11 is 0. The largest absolute Gasteiger partial charge is 0.454 e. The summed E-state index contributed by atoms with van der Waals surface area (Å²) in [5.41, 5.74) is 5.42. The van der Waals surface area contributed by atoms with Crippen molar-refractivity contribution < 1.29 is 19.5 Å². The molecule has 0 spiro atoms. The van der Waals surface area contributed by atoms with Crippen molar-refractivity contribution in [3.63, 3.8) is 0 Å². The van der Waals surface area contributed by atoms with E-state index < -0.39 is 18.1 Å². The standard InChI is InChI=1S/C9H13N3O4/c1-6(13)16-8(5-12(15)9(10)14)7-3-2-4-11-7/h2-4,8,11,15H,5H2,1H3,(H2,10,14). The summed E-state index contributed by atoms with van der Waals surface area (Å²) in [7, 11) is 0. The van der Waals surface area contributed by atoms with Gasteiger partial charge in [0.2, 0.25) is 0 Å². The topological polar surface area (TPSA) is 109 Å². The van der Waals surface area contributed by atoms with Crippen LogP contribution in [0.1, 0.15) is 18.7 Å². The molecule has 0 saturated heterocycles. The number of amides is 2. The molecule has 0 radical (unpaired) electrons. The Kier molecular flexibility index (Phi) is 3.90. The first-order valence-electron chi connectivity index (χ1n) is 4.57. The zero-order chi connectivity index (χ0) is 12.1. The van der Waals surface area contributed by atoms with Gasteiger partial charge in [-0.1, -0.05) is 0 Å². The van der Waals surface area contributed by atoms with Crippen LogP contribution in [0.5, 0.6) is 0 Å². The van der Waals surface area contributed by atoms with Crippen LogP contribution in [0.4, 0.5) is 4.79 Å². The third kappa shape index (κ3) is 3.28. The van der Waals surface area contributed by atoms with E-state index in [1.54, 1.807) is 18.3 Å². The van der Waals surface area contributed by atoms with E-state index in [9.17, 15) is 9.59 Å². The van der Waals surface area contributed by atoms with E-state index in [1.165, 1.54) is 6.92 Å². The van der Waals surface area contributed by atoms with E-state index in [0.717, 1.165) is 0 Å². The number of nitrogens with zero attached hydrogens (tertiary/aromatic N) is 1. The Morgan fingerprint density at radius 1 is 1.69 bits per heavy atom. The van der Waals surface area contributed by atoms with Gasteiger partial charge in [0.15, 0.2) is 6.10 Å². The van der Waals surface area contributed by atoms with Crippen LogP contribution >= 0.6 is 0 Å². The Hall–Kier alpha value is -2.02. The molecule has 0 aliphatic heterocycles. The van der Waals surface area contributed by atoms with E-state index in [4.69, 9.17) is 15.7 Å². The Labute approximate surface area is 91.7 Å². The minimum Gasteiger partial charge on any atom is -0.454 e. The molecule has 1 unspecified atom stereocenters. The maximum Gasteiger partial charge on any atom is 0.338 e. The zero-order valence-electron chi connectivity index (χ0n) is 8.71. The van der Waals surface area contributed by atoms with Crippen molar-refractivity contribution in [1.82, 2.24) is 10.0 Å².